The number of hydrogen-bond donors (Lipinski definition) is 3. The second kappa shape index (κ2) is 6.07. The molecule has 0 fully saturated rings. The number of rotatable bonds is 4. The number of carbonyl (C=O) groups excluding carboxylic acids is 1. The van der Waals surface area contributed by atoms with Crippen LogP contribution in [0.5, 0.6) is 0 Å². The third kappa shape index (κ3) is 3.27. The van der Waals surface area contributed by atoms with Crippen LogP contribution in [-0.2, 0) is 13.1 Å². The molecule has 1 amide bonds. The molecular formula is C13H13FN4O2. The topological polar surface area (TPSA) is 101 Å². The molecule has 2 aromatic rings. The van der Waals surface area contributed by atoms with Gasteiger partial charge in [-0.1, -0.05) is 12.1 Å². The Morgan fingerprint density at radius 1 is 1.35 bits per heavy atom. The minimum Gasteiger partial charge on any atom is -0.346 e. The van der Waals surface area contributed by atoms with Crippen LogP contribution < -0.4 is 16.6 Å². The molecule has 0 radical (unpaired) electrons. The fourth-order valence-electron chi connectivity index (χ4n) is 1.60. The van der Waals surface area contributed by atoms with E-state index in [1.54, 1.807) is 12.1 Å². The van der Waals surface area contributed by atoms with Crippen LogP contribution in [0.1, 0.15) is 21.6 Å². The normalized spacial score (nSPS) is 10.3. The molecule has 4 N–H and O–H groups in total. The van der Waals surface area contributed by atoms with Gasteiger partial charge in [-0.05, 0) is 17.7 Å². The first kappa shape index (κ1) is 13.9. The number of aromatic nitrogens is 2. The van der Waals surface area contributed by atoms with Crippen molar-refractivity contribution in [1.29, 1.82) is 0 Å². The average molecular weight is 276 g/mol. The molecule has 1 aromatic heterocycles. The lowest BCUT2D eigenvalue weighted by Crippen LogP contribution is -2.25. The van der Waals surface area contributed by atoms with Crippen LogP contribution in [-0.4, -0.2) is 16.1 Å². The summed E-state index contributed by atoms with van der Waals surface area (Å²) in [6, 6.07) is 7.08. The third-order valence-electron chi connectivity index (χ3n) is 2.70. The van der Waals surface area contributed by atoms with Gasteiger partial charge in [0.15, 0.2) is 0 Å². The first-order valence-corrected chi connectivity index (χ1v) is 5.91. The first-order valence-electron chi connectivity index (χ1n) is 5.91. The van der Waals surface area contributed by atoms with Gasteiger partial charge >= 0.3 is 0 Å². The van der Waals surface area contributed by atoms with Crippen LogP contribution in [0.25, 0.3) is 0 Å². The van der Waals surface area contributed by atoms with Gasteiger partial charge in [0.25, 0.3) is 11.5 Å². The summed E-state index contributed by atoms with van der Waals surface area (Å²) in [5, 5.41) is 8.25. The molecule has 0 aliphatic heterocycles. The zero-order valence-corrected chi connectivity index (χ0v) is 10.5. The van der Waals surface area contributed by atoms with Crippen LogP contribution >= 0.6 is 0 Å². The fourth-order valence-corrected chi connectivity index (χ4v) is 1.60. The number of nitrogens with one attached hydrogen (secondary N) is 2. The van der Waals surface area contributed by atoms with E-state index < -0.39 is 17.3 Å². The molecule has 0 saturated carbocycles. The predicted molar refractivity (Wildman–Crippen MR) is 70.3 cm³/mol. The highest BCUT2D eigenvalue weighted by molar-refractivity contribution is 5.91. The van der Waals surface area contributed by atoms with Crippen molar-refractivity contribution in [2.45, 2.75) is 13.1 Å². The summed E-state index contributed by atoms with van der Waals surface area (Å²) in [4.78, 5) is 22.5. The Hall–Kier alpha value is -2.54. The molecule has 20 heavy (non-hydrogen) atoms. The van der Waals surface area contributed by atoms with Gasteiger partial charge in [0.05, 0.1) is 0 Å². The molecule has 0 aliphatic carbocycles. The van der Waals surface area contributed by atoms with Crippen molar-refractivity contribution in [3.05, 3.63) is 63.3 Å². The maximum absolute atomic E-state index is 13.7. The Kier molecular flexibility index (Phi) is 4.21. The van der Waals surface area contributed by atoms with Crippen molar-refractivity contribution in [3.8, 4) is 0 Å². The molecule has 0 saturated heterocycles. The van der Waals surface area contributed by atoms with E-state index in [-0.39, 0.29) is 18.8 Å². The van der Waals surface area contributed by atoms with Crippen molar-refractivity contribution in [1.82, 2.24) is 15.5 Å². The maximum Gasteiger partial charge on any atom is 0.271 e. The summed E-state index contributed by atoms with van der Waals surface area (Å²) in [6.45, 7) is 0.279. The molecular weight excluding hydrogens is 263 g/mol. The molecule has 0 spiro atoms. The van der Waals surface area contributed by atoms with Crippen LogP contribution in [0.3, 0.4) is 0 Å². The summed E-state index contributed by atoms with van der Waals surface area (Å²) in [6.07, 6.45) is 0. The number of hydrogen-bond acceptors (Lipinski definition) is 4. The van der Waals surface area contributed by atoms with Crippen molar-refractivity contribution in [3.63, 3.8) is 0 Å². The van der Waals surface area contributed by atoms with Crippen LogP contribution in [0.2, 0.25) is 0 Å². The van der Waals surface area contributed by atoms with Crippen molar-refractivity contribution >= 4 is 5.91 Å². The molecule has 0 aliphatic rings. The van der Waals surface area contributed by atoms with E-state index in [1.165, 1.54) is 18.2 Å². The zero-order valence-electron chi connectivity index (χ0n) is 10.5. The second-order valence-electron chi connectivity index (χ2n) is 4.12. The fraction of sp³-hybridized carbons (Fsp3) is 0.154. The van der Waals surface area contributed by atoms with Gasteiger partial charge in [0.2, 0.25) is 0 Å². The van der Waals surface area contributed by atoms with E-state index in [2.05, 4.69) is 15.5 Å². The monoisotopic (exact) mass is 276 g/mol. The molecule has 6 nitrogen and oxygen atoms in total. The van der Waals surface area contributed by atoms with E-state index >= 15 is 0 Å². The van der Waals surface area contributed by atoms with E-state index in [0.29, 0.717) is 11.1 Å². The summed E-state index contributed by atoms with van der Waals surface area (Å²) in [5.41, 5.74) is 6.09. The highest BCUT2D eigenvalue weighted by Gasteiger charge is 2.09. The zero-order chi connectivity index (χ0) is 14.5. The predicted octanol–water partition coefficient (Wildman–Crippen LogP) is 0.298. The number of nitrogens with zero attached hydrogens (tertiary/aromatic N) is 1. The molecule has 7 heteroatoms. The smallest absolute Gasteiger partial charge is 0.271 e. The lowest BCUT2D eigenvalue weighted by atomic mass is 10.1. The molecule has 1 heterocycles. The van der Waals surface area contributed by atoms with Gasteiger partial charge in [0, 0.05) is 24.7 Å². The van der Waals surface area contributed by atoms with Crippen LogP contribution in [0.15, 0.2) is 35.1 Å². The third-order valence-corrected chi connectivity index (χ3v) is 2.70. The largest absolute Gasteiger partial charge is 0.346 e. The summed E-state index contributed by atoms with van der Waals surface area (Å²) in [7, 11) is 0. The quantitative estimate of drug-likeness (QED) is 0.747. The summed E-state index contributed by atoms with van der Waals surface area (Å²) in [5.74, 6) is -0.925. The van der Waals surface area contributed by atoms with E-state index in [4.69, 9.17) is 5.73 Å². The Morgan fingerprint density at radius 3 is 2.75 bits per heavy atom. The lowest BCUT2D eigenvalue weighted by molar-refractivity contribution is 0.0944. The Labute approximate surface area is 113 Å². The Balaban J connectivity index is 2.03. The van der Waals surface area contributed by atoms with Gasteiger partial charge in [-0.3, -0.25) is 9.59 Å². The molecule has 0 bridgehead atoms. The standard InChI is InChI=1S/C13H13FN4O2/c14-10-5-8(6-15)1-2-9(10)7-16-13(20)11-3-4-12(19)18-17-11/h1-5H,6-7,15H2,(H,16,20)(H,18,19). The summed E-state index contributed by atoms with van der Waals surface area (Å²) < 4.78 is 13.7. The van der Waals surface area contributed by atoms with E-state index in [1.807, 2.05) is 0 Å². The number of benzene rings is 1. The second-order valence-corrected chi connectivity index (χ2v) is 4.12. The molecule has 0 unspecified atom stereocenters. The van der Waals surface area contributed by atoms with Gasteiger partial charge in [-0.15, -0.1) is 0 Å². The minimum absolute atomic E-state index is 0.0241. The number of halogens is 1. The van der Waals surface area contributed by atoms with Crippen molar-refractivity contribution in [2.75, 3.05) is 0 Å². The minimum atomic E-state index is -0.497. The van der Waals surface area contributed by atoms with Gasteiger partial charge in [-0.2, -0.15) is 5.10 Å². The van der Waals surface area contributed by atoms with Crippen LogP contribution in [0, 0.1) is 5.82 Å². The number of carbonyl (C=O) groups is 1. The van der Waals surface area contributed by atoms with E-state index in [9.17, 15) is 14.0 Å². The maximum atomic E-state index is 13.7. The van der Waals surface area contributed by atoms with Gasteiger partial charge in [-0.25, -0.2) is 9.49 Å². The number of amides is 1. The average Bonchev–Trinajstić information content (AvgIpc) is 2.46. The van der Waals surface area contributed by atoms with Gasteiger partial charge < -0.3 is 11.1 Å². The number of H-pyrrole nitrogens is 1. The highest BCUT2D eigenvalue weighted by atomic mass is 19.1. The Bertz CT molecular complexity index is 664. The van der Waals surface area contributed by atoms with Crippen molar-refractivity contribution in [2.24, 2.45) is 5.73 Å². The number of aromatic amines is 1. The Morgan fingerprint density at radius 2 is 2.15 bits per heavy atom. The van der Waals surface area contributed by atoms with Crippen LogP contribution in [0.4, 0.5) is 4.39 Å². The first-order chi connectivity index (χ1) is 9.60. The molecule has 104 valence electrons. The highest BCUT2D eigenvalue weighted by Crippen LogP contribution is 2.10. The molecule has 2 rings (SSSR count). The van der Waals surface area contributed by atoms with Gasteiger partial charge in [0.1, 0.15) is 11.5 Å². The summed E-state index contributed by atoms with van der Waals surface area (Å²) >= 11 is 0. The molecule has 1 aromatic carbocycles. The lowest BCUT2D eigenvalue weighted by Gasteiger charge is -2.07. The number of nitrogens with two attached hydrogens (primary N) is 1. The van der Waals surface area contributed by atoms with Crippen molar-refractivity contribution < 1.29 is 9.18 Å². The van der Waals surface area contributed by atoms with E-state index in [0.717, 1.165) is 0 Å². The SMILES string of the molecule is NCc1ccc(CNC(=O)c2ccc(=O)[nH]n2)c(F)c1. The molecule has 0 atom stereocenters.